The van der Waals surface area contributed by atoms with Crippen LogP contribution in [0.5, 0.6) is 0 Å². The first-order valence-electron chi connectivity index (χ1n) is 6.47. The van der Waals surface area contributed by atoms with Gasteiger partial charge in [0.2, 0.25) is 18.2 Å². The Morgan fingerprint density at radius 1 is 0.810 bits per heavy atom. The molecule has 0 unspecified atom stereocenters. The maximum Gasteiger partial charge on any atom is 0.309 e. The van der Waals surface area contributed by atoms with Crippen molar-refractivity contribution in [1.29, 1.82) is 0 Å². The lowest BCUT2D eigenvalue weighted by Gasteiger charge is -2.28. The number of aliphatic imine (C=N–C) groups is 3. The molecular formula is C13H17N3O5. The Morgan fingerprint density at radius 2 is 1.29 bits per heavy atom. The predicted octanol–water partition coefficient (Wildman–Crippen LogP) is 1.02. The molecule has 1 N–H and O–H groups in total. The van der Waals surface area contributed by atoms with Crippen molar-refractivity contribution in [2.24, 2.45) is 20.4 Å². The lowest BCUT2D eigenvalue weighted by molar-refractivity contribution is -0.150. The van der Waals surface area contributed by atoms with Crippen molar-refractivity contribution in [3.8, 4) is 0 Å². The van der Waals surface area contributed by atoms with Gasteiger partial charge in [-0.15, -0.1) is 0 Å². The number of hydrogen-bond donors (Lipinski definition) is 1. The molecule has 0 fully saturated rings. The molecule has 0 aliphatic heterocycles. The second kappa shape index (κ2) is 11.4. The van der Waals surface area contributed by atoms with Gasteiger partial charge >= 0.3 is 5.97 Å². The molecule has 0 saturated heterocycles. The predicted molar refractivity (Wildman–Crippen MR) is 72.1 cm³/mol. The average molecular weight is 295 g/mol. The normalized spacial score (nSPS) is 12.2. The fourth-order valence-corrected chi connectivity index (χ4v) is 2.03. The Balaban J connectivity index is 4.78. The van der Waals surface area contributed by atoms with Crippen molar-refractivity contribution < 1.29 is 24.3 Å². The Kier molecular flexibility index (Phi) is 10.1. The van der Waals surface area contributed by atoms with Crippen molar-refractivity contribution in [2.45, 2.75) is 32.1 Å². The highest BCUT2D eigenvalue weighted by molar-refractivity contribution is 5.74. The van der Waals surface area contributed by atoms with E-state index in [9.17, 15) is 24.3 Å². The highest BCUT2D eigenvalue weighted by Crippen LogP contribution is 2.33. The summed E-state index contributed by atoms with van der Waals surface area (Å²) in [5.74, 6) is -1.02. The summed E-state index contributed by atoms with van der Waals surface area (Å²) in [6.45, 7) is 0.387. The fraction of sp³-hybridized carbons (Fsp3) is 0.692. The Hall–Kier alpha value is -2.39. The van der Waals surface area contributed by atoms with E-state index in [-0.39, 0.29) is 32.5 Å². The first kappa shape index (κ1) is 18.6. The smallest absolute Gasteiger partial charge is 0.309 e. The summed E-state index contributed by atoms with van der Waals surface area (Å²) >= 11 is 0. The van der Waals surface area contributed by atoms with Gasteiger partial charge in [0.25, 0.3) is 0 Å². The molecule has 21 heavy (non-hydrogen) atoms. The molecule has 0 radical (unpaired) electrons. The van der Waals surface area contributed by atoms with Crippen LogP contribution in [-0.2, 0) is 19.2 Å². The lowest BCUT2D eigenvalue weighted by atomic mass is 9.76. The number of unbranched alkanes of at least 4 members (excludes halogenated alkanes) is 1. The topological polar surface area (TPSA) is 126 Å². The zero-order chi connectivity index (χ0) is 16.0. The molecule has 0 aromatic heterocycles. The number of carboxylic acid groups (broad SMARTS) is 1. The second-order valence-electron chi connectivity index (χ2n) is 4.46. The van der Waals surface area contributed by atoms with E-state index in [1.807, 2.05) is 0 Å². The van der Waals surface area contributed by atoms with Gasteiger partial charge in [-0.25, -0.2) is 29.4 Å². The van der Waals surface area contributed by atoms with Crippen LogP contribution in [0.2, 0.25) is 0 Å². The van der Waals surface area contributed by atoms with Crippen LogP contribution in [0.15, 0.2) is 15.0 Å². The maximum absolute atomic E-state index is 11.6. The Labute approximate surface area is 121 Å². The molecule has 0 rings (SSSR count). The van der Waals surface area contributed by atoms with Gasteiger partial charge in [-0.1, -0.05) is 6.42 Å². The molecule has 0 atom stereocenters. The molecule has 0 spiro atoms. The van der Waals surface area contributed by atoms with Crippen molar-refractivity contribution in [2.75, 3.05) is 19.6 Å². The van der Waals surface area contributed by atoms with Crippen molar-refractivity contribution >= 4 is 24.2 Å². The van der Waals surface area contributed by atoms with E-state index in [1.165, 1.54) is 18.2 Å². The summed E-state index contributed by atoms with van der Waals surface area (Å²) in [6, 6.07) is 0. The molecule has 0 bridgehead atoms. The number of rotatable bonds is 12. The van der Waals surface area contributed by atoms with Crippen molar-refractivity contribution in [1.82, 2.24) is 0 Å². The Morgan fingerprint density at radius 3 is 1.71 bits per heavy atom. The van der Waals surface area contributed by atoms with E-state index in [4.69, 9.17) is 0 Å². The third-order valence-corrected chi connectivity index (χ3v) is 3.23. The molecule has 0 aromatic rings. The molecule has 8 heteroatoms. The second-order valence-corrected chi connectivity index (χ2v) is 4.46. The van der Waals surface area contributed by atoms with Crippen LogP contribution < -0.4 is 0 Å². The summed E-state index contributed by atoms with van der Waals surface area (Å²) < 4.78 is 0. The molecule has 0 amide bonds. The number of aliphatic carboxylic acids is 1. The van der Waals surface area contributed by atoms with Crippen LogP contribution in [0.3, 0.4) is 0 Å². The standard InChI is InChI=1S/C13H17N3O5/c17-9-14-6-2-1-3-13(12(20)21,4-7-15-10-18)5-8-16-11-19/h1-8H2,(H,20,21). The zero-order valence-electron chi connectivity index (χ0n) is 11.6. The minimum atomic E-state index is -1.12. The van der Waals surface area contributed by atoms with Crippen LogP contribution in [0.1, 0.15) is 32.1 Å². The summed E-state index contributed by atoms with van der Waals surface area (Å²) in [5, 5.41) is 9.46. The van der Waals surface area contributed by atoms with E-state index in [0.717, 1.165) is 0 Å². The van der Waals surface area contributed by atoms with Crippen LogP contribution >= 0.6 is 0 Å². The molecule has 0 heterocycles. The van der Waals surface area contributed by atoms with Gasteiger partial charge in [0.1, 0.15) is 0 Å². The number of carboxylic acids is 1. The number of nitrogens with zero attached hydrogens (tertiary/aromatic N) is 3. The highest BCUT2D eigenvalue weighted by atomic mass is 16.4. The van der Waals surface area contributed by atoms with Gasteiger partial charge in [-0.05, 0) is 25.7 Å². The molecule has 114 valence electrons. The summed E-state index contributed by atoms with van der Waals surface area (Å²) in [7, 11) is 0. The van der Waals surface area contributed by atoms with Crippen LogP contribution in [0, 0.1) is 5.41 Å². The first-order valence-corrected chi connectivity index (χ1v) is 6.47. The molecular weight excluding hydrogens is 278 g/mol. The largest absolute Gasteiger partial charge is 0.481 e. The van der Waals surface area contributed by atoms with E-state index >= 15 is 0 Å². The molecule has 0 aliphatic carbocycles. The minimum absolute atomic E-state index is 0.0487. The van der Waals surface area contributed by atoms with Crippen molar-refractivity contribution in [3.05, 3.63) is 0 Å². The van der Waals surface area contributed by atoms with Gasteiger partial charge in [-0.2, -0.15) is 0 Å². The molecule has 0 aromatic carbocycles. The SMILES string of the molecule is O=C=NCCCCC(CCN=C=O)(CCN=C=O)C(=O)O. The number of isocyanates is 3. The van der Waals surface area contributed by atoms with Crippen molar-refractivity contribution in [3.63, 3.8) is 0 Å². The average Bonchev–Trinajstić information content (AvgIpc) is 2.46. The zero-order valence-corrected chi connectivity index (χ0v) is 11.6. The van der Waals surface area contributed by atoms with Gasteiger partial charge < -0.3 is 5.11 Å². The summed E-state index contributed by atoms with van der Waals surface area (Å²) in [5.41, 5.74) is -1.12. The van der Waals surface area contributed by atoms with E-state index in [2.05, 4.69) is 15.0 Å². The third-order valence-electron chi connectivity index (χ3n) is 3.23. The monoisotopic (exact) mass is 295 g/mol. The van der Waals surface area contributed by atoms with Gasteiger partial charge in [0.05, 0.1) is 25.0 Å². The Bertz CT molecular complexity index is 450. The minimum Gasteiger partial charge on any atom is -0.481 e. The van der Waals surface area contributed by atoms with E-state index < -0.39 is 11.4 Å². The van der Waals surface area contributed by atoms with Crippen LogP contribution in [0.4, 0.5) is 0 Å². The molecule has 0 aliphatic rings. The number of carbonyl (C=O) groups is 1. The quantitative estimate of drug-likeness (QED) is 0.327. The fourth-order valence-electron chi connectivity index (χ4n) is 2.03. The van der Waals surface area contributed by atoms with Crippen LogP contribution in [-0.4, -0.2) is 48.9 Å². The lowest BCUT2D eigenvalue weighted by Crippen LogP contribution is -2.33. The molecule has 0 saturated carbocycles. The molecule has 8 nitrogen and oxygen atoms in total. The number of hydrogen-bond acceptors (Lipinski definition) is 7. The van der Waals surface area contributed by atoms with Gasteiger partial charge in [-0.3, -0.25) is 4.79 Å². The van der Waals surface area contributed by atoms with E-state index in [0.29, 0.717) is 19.3 Å². The van der Waals surface area contributed by atoms with Gasteiger partial charge in [0.15, 0.2) is 0 Å². The van der Waals surface area contributed by atoms with E-state index in [1.54, 1.807) is 0 Å². The van der Waals surface area contributed by atoms with Crippen LogP contribution in [0.25, 0.3) is 0 Å². The van der Waals surface area contributed by atoms with Gasteiger partial charge in [0, 0.05) is 0 Å². The summed E-state index contributed by atoms with van der Waals surface area (Å²) in [4.78, 5) is 51.8. The highest BCUT2D eigenvalue weighted by Gasteiger charge is 2.37. The third kappa shape index (κ3) is 7.70. The summed E-state index contributed by atoms with van der Waals surface area (Å²) in [6.07, 6.45) is 5.87. The number of carbonyl (C=O) groups excluding carboxylic acids is 3. The first-order chi connectivity index (χ1) is 10.1. The maximum atomic E-state index is 11.6.